The maximum absolute atomic E-state index is 9.21. The Morgan fingerprint density at radius 2 is 2.23 bits per heavy atom. The summed E-state index contributed by atoms with van der Waals surface area (Å²) in [4.78, 5) is 2.51. The first kappa shape index (κ1) is 9.44. The van der Waals surface area contributed by atoms with Crippen molar-refractivity contribution >= 4 is 0 Å². The van der Waals surface area contributed by atoms with Crippen LogP contribution in [0.1, 0.15) is 25.7 Å². The van der Waals surface area contributed by atoms with Crippen LogP contribution in [0.2, 0.25) is 0 Å². The average Bonchev–Trinajstić information content (AvgIpc) is 2.67. The number of rotatable bonds is 2. The van der Waals surface area contributed by atoms with Gasteiger partial charge in [0.15, 0.2) is 0 Å². The van der Waals surface area contributed by atoms with E-state index in [4.69, 9.17) is 0 Å². The predicted octanol–water partition coefficient (Wildman–Crippen LogP) is 0.195. The van der Waals surface area contributed by atoms with Crippen LogP contribution in [0.15, 0.2) is 0 Å². The van der Waals surface area contributed by atoms with Gasteiger partial charge in [0.25, 0.3) is 0 Å². The quantitative estimate of drug-likeness (QED) is 0.643. The number of piperidine rings is 1. The highest BCUT2D eigenvalue weighted by molar-refractivity contribution is 4.87. The molecular weight excluding hydrogens is 164 g/mol. The highest BCUT2D eigenvalue weighted by Crippen LogP contribution is 2.22. The third kappa shape index (κ3) is 2.03. The van der Waals surface area contributed by atoms with Gasteiger partial charge < -0.3 is 10.4 Å². The Bertz CT molecular complexity index is 157. The van der Waals surface area contributed by atoms with Gasteiger partial charge in [-0.2, -0.15) is 0 Å². The van der Waals surface area contributed by atoms with Crippen molar-refractivity contribution in [3.63, 3.8) is 0 Å². The fourth-order valence-electron chi connectivity index (χ4n) is 2.65. The maximum Gasteiger partial charge on any atom is 0.0587 e. The monoisotopic (exact) mass is 184 g/mol. The molecule has 76 valence electrons. The Balaban J connectivity index is 1.90. The van der Waals surface area contributed by atoms with Crippen molar-refractivity contribution in [1.29, 1.82) is 0 Å². The summed E-state index contributed by atoms with van der Waals surface area (Å²) in [5.41, 5.74) is 0. The van der Waals surface area contributed by atoms with Gasteiger partial charge in [0.2, 0.25) is 0 Å². The fraction of sp³-hybridized carbons (Fsp3) is 1.00. The van der Waals surface area contributed by atoms with E-state index in [-0.39, 0.29) is 0 Å². The Hall–Kier alpha value is -0.120. The normalized spacial score (nSPS) is 36.7. The summed E-state index contributed by atoms with van der Waals surface area (Å²) < 4.78 is 0. The summed E-state index contributed by atoms with van der Waals surface area (Å²) in [5.74, 6) is 0. The highest BCUT2D eigenvalue weighted by atomic mass is 16.3. The molecule has 0 amide bonds. The lowest BCUT2D eigenvalue weighted by atomic mass is 10.1. The van der Waals surface area contributed by atoms with E-state index in [0.29, 0.717) is 18.7 Å². The van der Waals surface area contributed by atoms with Gasteiger partial charge in [-0.25, -0.2) is 0 Å². The van der Waals surface area contributed by atoms with Crippen molar-refractivity contribution in [3.8, 4) is 0 Å². The summed E-state index contributed by atoms with van der Waals surface area (Å²) in [7, 11) is 0. The molecule has 2 unspecified atom stereocenters. The van der Waals surface area contributed by atoms with Gasteiger partial charge in [0.1, 0.15) is 0 Å². The molecule has 3 heteroatoms. The Morgan fingerprint density at radius 3 is 2.92 bits per heavy atom. The molecule has 2 atom stereocenters. The van der Waals surface area contributed by atoms with Crippen molar-refractivity contribution in [2.75, 3.05) is 26.2 Å². The third-order valence-corrected chi connectivity index (χ3v) is 3.37. The van der Waals surface area contributed by atoms with Gasteiger partial charge in [-0.3, -0.25) is 4.90 Å². The molecule has 13 heavy (non-hydrogen) atoms. The summed E-state index contributed by atoms with van der Waals surface area (Å²) in [6.07, 6.45) is 5.05. The van der Waals surface area contributed by atoms with Crippen LogP contribution in [-0.4, -0.2) is 48.3 Å². The molecule has 0 aromatic carbocycles. The summed E-state index contributed by atoms with van der Waals surface area (Å²) in [5, 5.41) is 12.6. The molecule has 0 bridgehead atoms. The van der Waals surface area contributed by atoms with Crippen LogP contribution < -0.4 is 5.32 Å². The molecule has 3 nitrogen and oxygen atoms in total. The first-order valence-electron chi connectivity index (χ1n) is 5.49. The molecule has 2 aliphatic heterocycles. The second-order valence-corrected chi connectivity index (χ2v) is 4.22. The summed E-state index contributed by atoms with van der Waals surface area (Å²) in [6.45, 7) is 3.83. The van der Waals surface area contributed by atoms with Crippen molar-refractivity contribution in [2.24, 2.45) is 0 Å². The minimum atomic E-state index is 0.344. The van der Waals surface area contributed by atoms with Crippen molar-refractivity contribution < 1.29 is 5.11 Å². The SMILES string of the molecule is OCC1CCCN1C1CCCNC1. The summed E-state index contributed by atoms with van der Waals surface area (Å²) >= 11 is 0. The van der Waals surface area contributed by atoms with Gasteiger partial charge in [-0.05, 0) is 38.8 Å². The van der Waals surface area contributed by atoms with Crippen LogP contribution >= 0.6 is 0 Å². The van der Waals surface area contributed by atoms with Crippen LogP contribution in [0.25, 0.3) is 0 Å². The minimum absolute atomic E-state index is 0.344. The van der Waals surface area contributed by atoms with E-state index in [0.717, 1.165) is 6.54 Å². The number of nitrogens with zero attached hydrogens (tertiary/aromatic N) is 1. The molecule has 0 aromatic heterocycles. The molecule has 0 radical (unpaired) electrons. The van der Waals surface area contributed by atoms with E-state index in [1.54, 1.807) is 0 Å². The lowest BCUT2D eigenvalue weighted by molar-refractivity contribution is 0.104. The molecule has 2 heterocycles. The number of likely N-dealkylation sites (tertiary alicyclic amines) is 1. The van der Waals surface area contributed by atoms with Crippen molar-refractivity contribution in [1.82, 2.24) is 10.2 Å². The highest BCUT2D eigenvalue weighted by Gasteiger charge is 2.30. The van der Waals surface area contributed by atoms with Crippen LogP contribution in [0, 0.1) is 0 Å². The van der Waals surface area contributed by atoms with Crippen LogP contribution in [0.5, 0.6) is 0 Å². The zero-order chi connectivity index (χ0) is 9.10. The smallest absolute Gasteiger partial charge is 0.0587 e. The topological polar surface area (TPSA) is 35.5 Å². The number of aliphatic hydroxyl groups excluding tert-OH is 1. The molecule has 0 saturated carbocycles. The van der Waals surface area contributed by atoms with Gasteiger partial charge >= 0.3 is 0 Å². The number of hydrogen-bond donors (Lipinski definition) is 2. The first-order chi connectivity index (χ1) is 6.42. The number of hydrogen-bond acceptors (Lipinski definition) is 3. The van der Waals surface area contributed by atoms with Gasteiger partial charge in [0.05, 0.1) is 6.61 Å². The van der Waals surface area contributed by atoms with Gasteiger partial charge in [0, 0.05) is 18.6 Å². The number of aliphatic hydroxyl groups is 1. The first-order valence-corrected chi connectivity index (χ1v) is 5.49. The third-order valence-electron chi connectivity index (χ3n) is 3.37. The van der Waals surface area contributed by atoms with Crippen LogP contribution in [0.4, 0.5) is 0 Å². The van der Waals surface area contributed by atoms with Crippen molar-refractivity contribution in [2.45, 2.75) is 37.8 Å². The standard InChI is InChI=1S/C10H20N2O/c13-8-10-4-2-6-12(10)9-3-1-5-11-7-9/h9-11,13H,1-8H2. The predicted molar refractivity (Wildman–Crippen MR) is 52.7 cm³/mol. The summed E-state index contributed by atoms with van der Waals surface area (Å²) in [6, 6.07) is 1.14. The minimum Gasteiger partial charge on any atom is -0.395 e. The molecule has 2 rings (SSSR count). The zero-order valence-corrected chi connectivity index (χ0v) is 8.21. The lowest BCUT2D eigenvalue weighted by Crippen LogP contribution is -2.48. The molecule has 0 aromatic rings. The fourth-order valence-corrected chi connectivity index (χ4v) is 2.65. The zero-order valence-electron chi connectivity index (χ0n) is 8.21. The molecule has 2 fully saturated rings. The van der Waals surface area contributed by atoms with E-state index < -0.39 is 0 Å². The molecule has 2 N–H and O–H groups in total. The van der Waals surface area contributed by atoms with Gasteiger partial charge in [-0.15, -0.1) is 0 Å². The lowest BCUT2D eigenvalue weighted by Gasteiger charge is -2.35. The van der Waals surface area contributed by atoms with E-state index >= 15 is 0 Å². The molecule has 0 spiro atoms. The number of nitrogens with one attached hydrogen (secondary N) is 1. The Labute approximate surface area is 80.1 Å². The second kappa shape index (κ2) is 4.40. The molecule has 2 aliphatic rings. The van der Waals surface area contributed by atoms with Crippen LogP contribution in [-0.2, 0) is 0 Å². The van der Waals surface area contributed by atoms with Crippen molar-refractivity contribution in [3.05, 3.63) is 0 Å². The largest absolute Gasteiger partial charge is 0.395 e. The van der Waals surface area contributed by atoms with E-state index in [9.17, 15) is 5.11 Å². The Morgan fingerprint density at radius 1 is 1.31 bits per heavy atom. The van der Waals surface area contributed by atoms with E-state index in [1.165, 1.54) is 38.8 Å². The maximum atomic E-state index is 9.21. The molecule has 2 saturated heterocycles. The van der Waals surface area contributed by atoms with E-state index in [1.807, 2.05) is 0 Å². The second-order valence-electron chi connectivity index (χ2n) is 4.22. The van der Waals surface area contributed by atoms with E-state index in [2.05, 4.69) is 10.2 Å². The van der Waals surface area contributed by atoms with Crippen LogP contribution in [0.3, 0.4) is 0 Å². The molecular formula is C10H20N2O. The van der Waals surface area contributed by atoms with Gasteiger partial charge in [-0.1, -0.05) is 0 Å². The Kier molecular flexibility index (Phi) is 3.19. The molecule has 0 aliphatic carbocycles. The average molecular weight is 184 g/mol.